The maximum absolute atomic E-state index is 12.0. The molecule has 3 unspecified atom stereocenters. The van der Waals surface area contributed by atoms with Crippen LogP contribution in [0.1, 0.15) is 182 Å². The molecule has 504 valence electrons. The lowest BCUT2D eigenvalue weighted by Gasteiger charge is -2.48. The number of halogens is 6. The van der Waals surface area contributed by atoms with Crippen LogP contribution < -0.4 is 37.2 Å². The van der Waals surface area contributed by atoms with Crippen LogP contribution in [0.5, 0.6) is 0 Å². The van der Waals surface area contributed by atoms with Crippen LogP contribution in [0.25, 0.3) is 0 Å². The molecule has 0 bridgehead atoms. The number of aliphatic carboxylic acids is 2. The first-order valence-electron chi connectivity index (χ1n) is 29.6. The van der Waals surface area contributed by atoms with E-state index in [1.165, 1.54) is 32.1 Å². The number of aliphatic hydroxyl groups excluding tert-OH is 6. The summed E-state index contributed by atoms with van der Waals surface area (Å²) in [7, 11) is 0. The summed E-state index contributed by atoms with van der Waals surface area (Å²) >= 11 is 15.7. The minimum atomic E-state index is -0.821. The number of carboxylic acids is 2. The molecule has 0 aromatic heterocycles. The number of hydrogen-bond acceptors (Lipinski definition) is 14. The number of rotatable bonds is 42. The molecule has 0 saturated carbocycles. The summed E-state index contributed by atoms with van der Waals surface area (Å²) in [4.78, 5) is 67.7. The number of ether oxygens (including phenoxy) is 2. The molecular formula is C58H113Cl6N3O17. The molecule has 0 amide bonds. The predicted molar refractivity (Wildman–Crippen MR) is 318 cm³/mol. The van der Waals surface area contributed by atoms with E-state index >= 15 is 0 Å². The Labute approximate surface area is 537 Å². The van der Waals surface area contributed by atoms with Crippen LogP contribution in [0.15, 0.2) is 0 Å². The summed E-state index contributed by atoms with van der Waals surface area (Å²) in [5.74, 6) is -0.395. The molecule has 4 aliphatic heterocycles. The number of alkyl halides is 3. The summed E-state index contributed by atoms with van der Waals surface area (Å²) < 4.78 is 12.5. The summed E-state index contributed by atoms with van der Waals surface area (Å²) in [6.07, 6.45) is 15.7. The first-order chi connectivity index (χ1) is 37.6. The molecule has 4 saturated heterocycles. The highest BCUT2D eigenvalue weighted by Crippen LogP contribution is 2.26. The van der Waals surface area contributed by atoms with Crippen LogP contribution in [0.2, 0.25) is 0 Å². The maximum Gasteiger partial charge on any atom is 0.305 e. The molecule has 4 heterocycles. The number of quaternary nitrogens is 3. The first kappa shape index (κ1) is 93.9. The number of unbranched alkanes of at least 4 members (excludes halogenated alkanes) is 6. The van der Waals surface area contributed by atoms with Gasteiger partial charge in [0.25, 0.3) is 0 Å². The average molecular weight is 1340 g/mol. The van der Waals surface area contributed by atoms with E-state index in [4.69, 9.17) is 64.7 Å². The van der Waals surface area contributed by atoms with E-state index in [9.17, 15) is 49.2 Å². The van der Waals surface area contributed by atoms with Crippen molar-refractivity contribution in [1.29, 1.82) is 0 Å². The smallest absolute Gasteiger partial charge is 0.305 e. The Morgan fingerprint density at radius 3 is 0.976 bits per heavy atom. The minimum absolute atomic E-state index is 0. The van der Waals surface area contributed by atoms with Gasteiger partial charge in [0, 0.05) is 77.0 Å². The molecule has 4 aliphatic rings. The fourth-order valence-electron chi connectivity index (χ4n) is 9.94. The Hall–Kier alpha value is -1.28. The predicted octanol–water partition coefficient (Wildman–Crippen LogP) is -3.00. The van der Waals surface area contributed by atoms with Crippen LogP contribution in [0.4, 0.5) is 0 Å². The molecule has 0 aromatic rings. The van der Waals surface area contributed by atoms with E-state index < -0.39 is 24.1 Å². The molecule has 0 spiro atoms. The number of carboxylic acid groups (broad SMARTS) is 2. The number of likely N-dealkylation sites (tertiary alicyclic amines) is 3. The number of aliphatic hydroxyl groups is 6. The third-order valence-corrected chi connectivity index (χ3v) is 15.7. The molecule has 10 N–H and O–H groups in total. The van der Waals surface area contributed by atoms with Crippen LogP contribution in [0, 0.1) is 0 Å². The van der Waals surface area contributed by atoms with Gasteiger partial charge in [-0.2, -0.15) is 0 Å². The summed E-state index contributed by atoms with van der Waals surface area (Å²) in [6.45, 7) is 18.4. The van der Waals surface area contributed by atoms with Crippen molar-refractivity contribution in [3.63, 3.8) is 0 Å². The summed E-state index contributed by atoms with van der Waals surface area (Å²) in [5.41, 5.74) is 0. The van der Waals surface area contributed by atoms with Gasteiger partial charge in [0.2, 0.25) is 0 Å². The highest BCUT2D eigenvalue weighted by Gasteiger charge is 2.43. The molecule has 84 heavy (non-hydrogen) atoms. The lowest BCUT2D eigenvalue weighted by Crippen LogP contribution is -3.00. The Morgan fingerprint density at radius 1 is 0.488 bits per heavy atom. The average Bonchev–Trinajstić information content (AvgIpc) is 4.24. The fraction of sp³-hybridized carbons (Fsp3) is 0.897. The van der Waals surface area contributed by atoms with Gasteiger partial charge in [-0.1, -0.05) is 47.5 Å². The van der Waals surface area contributed by atoms with Crippen molar-refractivity contribution in [2.24, 2.45) is 0 Å². The van der Waals surface area contributed by atoms with Crippen LogP contribution in [-0.2, 0) is 38.2 Å². The molecule has 0 aromatic carbocycles. The fourth-order valence-corrected chi connectivity index (χ4v) is 10.3. The van der Waals surface area contributed by atoms with E-state index in [0.29, 0.717) is 89.0 Å². The van der Waals surface area contributed by atoms with Gasteiger partial charge in [0.15, 0.2) is 18.3 Å². The Bertz CT molecular complexity index is 1580. The second kappa shape index (κ2) is 56.9. The molecule has 4 rings (SSSR count). The van der Waals surface area contributed by atoms with Crippen molar-refractivity contribution in [2.75, 3.05) is 116 Å². The van der Waals surface area contributed by atoms with Gasteiger partial charge in [0.05, 0.1) is 82.3 Å². The topological polar surface area (TPSA) is 318 Å². The zero-order valence-electron chi connectivity index (χ0n) is 50.1. The monoisotopic (exact) mass is 1330 g/mol. The third-order valence-electron chi connectivity index (χ3n) is 14.7. The molecule has 0 radical (unpaired) electrons. The lowest BCUT2D eigenvalue weighted by molar-refractivity contribution is -0.972. The number of epoxide rings is 1. The highest BCUT2D eigenvalue weighted by molar-refractivity contribution is 6.18. The van der Waals surface area contributed by atoms with Gasteiger partial charge in [-0.05, 0) is 57.8 Å². The number of Topliss-reactive ketones (excluding diaryl/α,β-unsaturated/α-hetero) is 3. The first-order valence-corrected chi connectivity index (χ1v) is 31.2. The van der Waals surface area contributed by atoms with Gasteiger partial charge < -0.3 is 106 Å². The molecule has 20 nitrogen and oxygen atoms in total. The molecule has 3 atom stereocenters. The molecular weight excluding hydrogens is 1220 g/mol. The van der Waals surface area contributed by atoms with Gasteiger partial charge in [-0.25, -0.2) is 0 Å². The Morgan fingerprint density at radius 2 is 0.762 bits per heavy atom. The number of nitrogens with zero attached hydrogens (tertiary/aromatic N) is 3. The number of esters is 1. The standard InChI is InChI=1S/C19H35ClNO5.2C16H29NO4.C3H7ClO2.C3H5ClO.CH4.3ClH.H2O/c1-2-3-10-21(13-18(24)14-21)11-6-8-16(22)7-4-5-9-19(25)26-15-17(23)12-20;2*1-2-3-10-17(12-15(19)13-17)11-6-8-14(18)7-4-5-9-16(20)21;4-1-3(6)2-5;4-1-3-2-5-3;;;;;/h17-18,23-24H,2-15H2,1H3;2*15,19H,2-13H2,1H3;3,5-6H,1-2H2;3H,1-2H2;1H4;3*1H;1H2/q+1;;;;;;;;;/p-1. The quantitative estimate of drug-likeness (QED) is 0.00993. The van der Waals surface area contributed by atoms with E-state index in [2.05, 4.69) is 20.8 Å². The number of carbonyl (C=O) groups excluding carboxylic acids is 4. The SMILES string of the molecule is C.CCCC[N+]1(CCCC(=O)CCCCC(=O)O)CC(O)C1.CCCC[N+]1(CCCC(=O)CCCCC(=O)O)CC(O)C1.CCCC[N+]1(CCCC(=O)CCCCC(=O)OCC(O)CCl)CC(O)C1.ClCC1CO1.O.OCC(O)CCl.[Cl-].[Cl-].[Cl-]. The maximum atomic E-state index is 12.0. The molecule has 0 aliphatic carbocycles. The van der Waals surface area contributed by atoms with Crippen molar-refractivity contribution in [2.45, 2.75) is 219 Å². The van der Waals surface area contributed by atoms with Crippen molar-refractivity contribution in [3.8, 4) is 0 Å². The van der Waals surface area contributed by atoms with Gasteiger partial charge in [-0.15, -0.1) is 34.8 Å². The van der Waals surface area contributed by atoms with E-state index in [0.717, 1.165) is 124 Å². The van der Waals surface area contributed by atoms with Crippen LogP contribution in [0.3, 0.4) is 0 Å². The van der Waals surface area contributed by atoms with Gasteiger partial charge in [-0.3, -0.25) is 28.8 Å². The molecule has 4 fully saturated rings. The Kier molecular flexibility index (Phi) is 63.6. The summed E-state index contributed by atoms with van der Waals surface area (Å²) in [5, 5.41) is 71.3. The normalized spacial score (nSPS) is 22.6. The van der Waals surface area contributed by atoms with Crippen LogP contribution in [-0.4, -0.2) is 248 Å². The number of carbonyl (C=O) groups is 6. The number of ketones is 3. The van der Waals surface area contributed by atoms with Crippen molar-refractivity contribution in [3.05, 3.63) is 0 Å². The lowest BCUT2D eigenvalue weighted by atomic mass is 10.0. The molecule has 26 heteroatoms. The zero-order chi connectivity index (χ0) is 59.5. The van der Waals surface area contributed by atoms with E-state index in [-0.39, 0.29) is 136 Å². The van der Waals surface area contributed by atoms with E-state index in [1.54, 1.807) is 0 Å². The highest BCUT2D eigenvalue weighted by atomic mass is 35.5. The van der Waals surface area contributed by atoms with Crippen molar-refractivity contribution >= 4 is 70.1 Å². The second-order valence-corrected chi connectivity index (χ2v) is 23.3. The third kappa shape index (κ3) is 49.6. The Balaban J connectivity index is -0.000000242. The van der Waals surface area contributed by atoms with Crippen molar-refractivity contribution < 1.29 is 135 Å². The minimum Gasteiger partial charge on any atom is -1.00 e. The zero-order valence-corrected chi connectivity index (χ0v) is 54.7. The van der Waals surface area contributed by atoms with Crippen LogP contribution >= 0.6 is 34.8 Å². The summed E-state index contributed by atoms with van der Waals surface area (Å²) in [6, 6.07) is 0. The van der Waals surface area contributed by atoms with Gasteiger partial charge in [0.1, 0.15) is 69.3 Å². The van der Waals surface area contributed by atoms with E-state index in [1.807, 2.05) is 0 Å². The second-order valence-electron chi connectivity index (χ2n) is 22.4. The van der Waals surface area contributed by atoms with Crippen molar-refractivity contribution in [1.82, 2.24) is 0 Å². The largest absolute Gasteiger partial charge is 1.00 e. The van der Waals surface area contributed by atoms with Gasteiger partial charge >= 0.3 is 17.9 Å². The number of hydrogen-bond donors (Lipinski definition) is 8.